The quantitative estimate of drug-likeness (QED) is 0.231. The van der Waals surface area contributed by atoms with Gasteiger partial charge in [0.05, 0.1) is 35.9 Å². The smallest absolute Gasteiger partial charge is 0.261 e. The van der Waals surface area contributed by atoms with Crippen LogP contribution in [0.2, 0.25) is 0 Å². The third kappa shape index (κ3) is 6.75. The van der Waals surface area contributed by atoms with Crippen LogP contribution in [-0.2, 0) is 24.3 Å². The Balaban J connectivity index is 1.31. The molecule has 2 amide bonds. The summed E-state index contributed by atoms with van der Waals surface area (Å²) in [7, 11) is -2.18. The maximum atomic E-state index is 13.4. The first-order valence-corrected chi connectivity index (χ1v) is 16.0. The van der Waals surface area contributed by atoms with Crippen molar-refractivity contribution in [3.05, 3.63) is 114 Å². The van der Waals surface area contributed by atoms with E-state index in [1.807, 2.05) is 54.6 Å². The molecule has 10 nitrogen and oxygen atoms in total. The zero-order valence-electron chi connectivity index (χ0n) is 24.7. The summed E-state index contributed by atoms with van der Waals surface area (Å²) in [6.45, 7) is 3.03. The van der Waals surface area contributed by atoms with Crippen molar-refractivity contribution in [2.24, 2.45) is 0 Å². The molecule has 4 aromatic carbocycles. The first-order valence-electron chi connectivity index (χ1n) is 14.6. The molecule has 0 unspecified atom stereocenters. The summed E-state index contributed by atoms with van der Waals surface area (Å²) in [5.74, 6) is -0.372. The zero-order valence-corrected chi connectivity index (χ0v) is 25.5. The van der Waals surface area contributed by atoms with E-state index in [4.69, 9.17) is 4.74 Å². The summed E-state index contributed by atoms with van der Waals surface area (Å²) in [6.07, 6.45) is 0. The van der Waals surface area contributed by atoms with Gasteiger partial charge < -0.3 is 20.3 Å². The molecule has 6 rings (SSSR count). The molecule has 0 atom stereocenters. The molecule has 0 saturated carbocycles. The fourth-order valence-electron chi connectivity index (χ4n) is 5.28. The topological polar surface area (TPSA) is 120 Å². The lowest BCUT2D eigenvalue weighted by atomic mass is 10.00. The Morgan fingerprint density at radius 1 is 0.889 bits per heavy atom. The second kappa shape index (κ2) is 12.9. The molecule has 0 aliphatic carbocycles. The van der Waals surface area contributed by atoms with Gasteiger partial charge in [0.15, 0.2) is 0 Å². The molecule has 0 spiro atoms. The number of carbonyl (C=O) groups is 2. The number of hydrogen-bond donors (Lipinski definition) is 3. The van der Waals surface area contributed by atoms with Gasteiger partial charge in [0.1, 0.15) is 0 Å². The van der Waals surface area contributed by atoms with E-state index >= 15 is 0 Å². The maximum absolute atomic E-state index is 13.4. The van der Waals surface area contributed by atoms with Gasteiger partial charge in [0.25, 0.3) is 15.9 Å². The van der Waals surface area contributed by atoms with Gasteiger partial charge in [0, 0.05) is 48.5 Å². The number of likely N-dealkylation sites (N-methyl/N-ethyl adjacent to an activating group) is 1. The SMILES string of the molecule is CN(C(=O)CN1CCOCC1)c1ccc(N/C(=C2\C(=O)Nc3ccc(S(=O)(=O)Nc4ccccc4)cc32)c2ccccc2)cc1. The largest absolute Gasteiger partial charge is 0.379 e. The summed E-state index contributed by atoms with van der Waals surface area (Å²) in [4.78, 5) is 30.1. The Labute approximate surface area is 262 Å². The number of nitrogens with one attached hydrogen (secondary N) is 3. The molecule has 11 heteroatoms. The maximum Gasteiger partial charge on any atom is 0.261 e. The average Bonchev–Trinajstić information content (AvgIpc) is 3.39. The summed E-state index contributed by atoms with van der Waals surface area (Å²) >= 11 is 0. The molecule has 0 aromatic heterocycles. The van der Waals surface area contributed by atoms with Crippen LogP contribution >= 0.6 is 0 Å². The minimum absolute atomic E-state index is 0.0172. The fourth-order valence-corrected chi connectivity index (χ4v) is 6.36. The van der Waals surface area contributed by atoms with Gasteiger partial charge in [-0.05, 0) is 60.2 Å². The van der Waals surface area contributed by atoms with Crippen LogP contribution < -0.4 is 20.3 Å². The van der Waals surface area contributed by atoms with E-state index in [9.17, 15) is 18.0 Å². The minimum atomic E-state index is -3.93. The van der Waals surface area contributed by atoms with E-state index in [0.717, 1.165) is 24.3 Å². The molecular formula is C34H33N5O5S. The second-order valence-corrected chi connectivity index (χ2v) is 12.4. The number of fused-ring (bicyclic) bond motifs is 1. The van der Waals surface area contributed by atoms with Gasteiger partial charge in [-0.2, -0.15) is 0 Å². The molecular weight excluding hydrogens is 590 g/mol. The number of anilines is 4. The van der Waals surface area contributed by atoms with Crippen molar-refractivity contribution < 1.29 is 22.7 Å². The Hall–Kier alpha value is -4.97. The van der Waals surface area contributed by atoms with Crippen molar-refractivity contribution in [1.29, 1.82) is 0 Å². The highest BCUT2D eigenvalue weighted by molar-refractivity contribution is 7.92. The Morgan fingerprint density at radius 2 is 1.56 bits per heavy atom. The Bertz CT molecular complexity index is 1840. The van der Waals surface area contributed by atoms with Gasteiger partial charge in [-0.15, -0.1) is 0 Å². The summed E-state index contributed by atoms with van der Waals surface area (Å²) < 4.78 is 34.5. The first kappa shape index (κ1) is 30.1. The van der Waals surface area contributed by atoms with E-state index in [0.29, 0.717) is 53.7 Å². The first-order chi connectivity index (χ1) is 21.8. The third-order valence-electron chi connectivity index (χ3n) is 7.75. The number of morpholine rings is 1. The number of carbonyl (C=O) groups excluding carboxylic acids is 2. The third-order valence-corrected chi connectivity index (χ3v) is 9.12. The van der Waals surface area contributed by atoms with Gasteiger partial charge >= 0.3 is 0 Å². The molecule has 4 aromatic rings. The lowest BCUT2D eigenvalue weighted by Gasteiger charge is -2.28. The molecule has 0 bridgehead atoms. The molecule has 1 fully saturated rings. The fraction of sp³-hybridized carbons (Fsp3) is 0.176. The van der Waals surface area contributed by atoms with Crippen LogP contribution in [0.1, 0.15) is 11.1 Å². The lowest BCUT2D eigenvalue weighted by Crippen LogP contribution is -2.43. The highest BCUT2D eigenvalue weighted by Crippen LogP contribution is 2.39. The van der Waals surface area contributed by atoms with Crippen molar-refractivity contribution in [2.75, 3.05) is 60.2 Å². The van der Waals surface area contributed by atoms with Crippen molar-refractivity contribution in [3.8, 4) is 0 Å². The number of amides is 2. The summed E-state index contributed by atoms with van der Waals surface area (Å²) in [5, 5.41) is 6.27. The average molecular weight is 624 g/mol. The number of benzene rings is 4. The Morgan fingerprint density at radius 3 is 2.24 bits per heavy atom. The lowest BCUT2D eigenvalue weighted by molar-refractivity contribution is -0.120. The molecule has 2 aliphatic heterocycles. The number of sulfonamides is 1. The minimum Gasteiger partial charge on any atom is -0.379 e. The number of ether oxygens (including phenoxy) is 1. The predicted molar refractivity (Wildman–Crippen MR) is 176 cm³/mol. The standard InChI is InChI=1S/C34H33N5O5S/c1-38(31(40)23-39-18-20-44-21-19-39)27-14-12-25(13-15-27)35-33(24-8-4-2-5-9-24)32-29-22-28(16-17-30(29)36-34(32)41)45(42,43)37-26-10-6-3-7-11-26/h2-17,22,35,37H,18-21,23H2,1H3,(H,36,41)/b33-32-. The van der Waals surface area contributed by atoms with Crippen molar-refractivity contribution in [1.82, 2.24) is 4.90 Å². The van der Waals surface area contributed by atoms with Crippen molar-refractivity contribution in [2.45, 2.75) is 4.90 Å². The van der Waals surface area contributed by atoms with Crippen molar-refractivity contribution in [3.63, 3.8) is 0 Å². The normalized spacial score (nSPS) is 16.0. The molecule has 230 valence electrons. The number of rotatable bonds is 9. The van der Waals surface area contributed by atoms with Crippen LogP contribution in [0.3, 0.4) is 0 Å². The number of para-hydroxylation sites is 1. The summed E-state index contributed by atoms with van der Waals surface area (Å²) in [6, 6.07) is 30.0. The van der Waals surface area contributed by atoms with Crippen LogP contribution in [0.4, 0.5) is 22.7 Å². The zero-order chi connectivity index (χ0) is 31.4. The molecule has 0 radical (unpaired) electrons. The van der Waals surface area contributed by atoms with Gasteiger partial charge in [-0.1, -0.05) is 48.5 Å². The monoisotopic (exact) mass is 623 g/mol. The highest BCUT2D eigenvalue weighted by Gasteiger charge is 2.30. The van der Waals surface area contributed by atoms with E-state index < -0.39 is 10.0 Å². The second-order valence-electron chi connectivity index (χ2n) is 10.8. The summed E-state index contributed by atoms with van der Waals surface area (Å²) in [5.41, 5.74) is 4.41. The molecule has 2 heterocycles. The highest BCUT2D eigenvalue weighted by atomic mass is 32.2. The molecule has 1 saturated heterocycles. The van der Waals surface area contributed by atoms with E-state index in [2.05, 4.69) is 20.3 Å². The van der Waals surface area contributed by atoms with Crippen molar-refractivity contribution >= 4 is 55.9 Å². The predicted octanol–water partition coefficient (Wildman–Crippen LogP) is 4.71. The van der Waals surface area contributed by atoms with E-state index in [1.165, 1.54) is 12.1 Å². The molecule has 3 N–H and O–H groups in total. The van der Waals surface area contributed by atoms with Gasteiger partial charge in [-0.25, -0.2) is 8.42 Å². The molecule has 2 aliphatic rings. The number of nitrogens with zero attached hydrogens (tertiary/aromatic N) is 2. The molecule has 45 heavy (non-hydrogen) atoms. The van der Waals surface area contributed by atoms with Gasteiger partial charge in [-0.3, -0.25) is 19.2 Å². The van der Waals surface area contributed by atoms with Crippen LogP contribution in [0.15, 0.2) is 108 Å². The van der Waals surface area contributed by atoms with E-state index in [-0.39, 0.29) is 16.7 Å². The Kier molecular flexibility index (Phi) is 8.65. The van der Waals surface area contributed by atoms with E-state index in [1.54, 1.807) is 48.3 Å². The van der Waals surface area contributed by atoms with Crippen LogP contribution in [0.25, 0.3) is 11.3 Å². The van der Waals surface area contributed by atoms with Crippen LogP contribution in [0, 0.1) is 0 Å². The van der Waals surface area contributed by atoms with Crippen LogP contribution in [-0.4, -0.2) is 65.0 Å². The van der Waals surface area contributed by atoms with Crippen LogP contribution in [0.5, 0.6) is 0 Å². The van der Waals surface area contributed by atoms with Gasteiger partial charge in [0.2, 0.25) is 5.91 Å². The number of hydrogen-bond acceptors (Lipinski definition) is 7.